The molecule has 0 saturated carbocycles. The van der Waals surface area contributed by atoms with E-state index < -0.39 is 26.4 Å². The topological polar surface area (TPSA) is 75.7 Å². The molecule has 2 rings (SSSR count). The van der Waals surface area contributed by atoms with Crippen LogP contribution in [-0.4, -0.2) is 51.7 Å². The number of para-hydroxylation sites is 1. The van der Waals surface area contributed by atoms with Crippen LogP contribution in [-0.2, 0) is 14.6 Å². The number of anilines is 1. The average Bonchev–Trinajstić information content (AvgIpc) is 2.60. The molecule has 0 radical (unpaired) electrons. The Morgan fingerprint density at radius 2 is 1.76 bits per heavy atom. The lowest BCUT2D eigenvalue weighted by molar-refractivity contribution is -0.117. The number of carbonyl (C=O) groups is 1. The maximum atomic E-state index is 12.8. The third-order valence-corrected chi connectivity index (χ3v) is 5.49. The van der Waals surface area contributed by atoms with Crippen molar-refractivity contribution in [2.45, 2.75) is 24.5 Å². The highest BCUT2D eigenvalue weighted by atomic mass is 32.2. The number of hydrogen-bond donors (Lipinski definition) is 1. The van der Waals surface area contributed by atoms with Gasteiger partial charge in [-0.3, -0.25) is 9.69 Å². The molecule has 0 spiro atoms. The van der Waals surface area contributed by atoms with Gasteiger partial charge in [-0.25, -0.2) is 8.42 Å². The maximum absolute atomic E-state index is 12.8. The number of amides is 1. The number of alkyl halides is 2. The minimum Gasteiger partial charge on any atom is -0.492 e. The number of likely N-dealkylation sites (N-methyl/N-ethyl adjacent to an activating group) is 1. The van der Waals surface area contributed by atoms with Crippen LogP contribution in [0.3, 0.4) is 0 Å². The second-order valence-corrected chi connectivity index (χ2v) is 8.65. The van der Waals surface area contributed by atoms with Crippen LogP contribution in [0.5, 0.6) is 5.75 Å². The van der Waals surface area contributed by atoms with Crippen LogP contribution in [0.25, 0.3) is 0 Å². The van der Waals surface area contributed by atoms with Crippen LogP contribution in [0.4, 0.5) is 14.5 Å². The van der Waals surface area contributed by atoms with Gasteiger partial charge in [0.05, 0.1) is 17.1 Å². The lowest BCUT2D eigenvalue weighted by atomic mass is 10.1. The first kappa shape index (κ1) is 22.8. The molecule has 0 aliphatic heterocycles. The molecule has 1 amide bonds. The molecule has 158 valence electrons. The van der Waals surface area contributed by atoms with Crippen molar-refractivity contribution in [2.24, 2.45) is 0 Å². The summed E-state index contributed by atoms with van der Waals surface area (Å²) in [6, 6.07) is 11.0. The first-order chi connectivity index (χ1) is 13.6. The average molecular weight is 426 g/mol. The molecule has 29 heavy (non-hydrogen) atoms. The molecule has 9 heteroatoms. The summed E-state index contributed by atoms with van der Waals surface area (Å²) in [5, 5.41) is 2.39. The van der Waals surface area contributed by atoms with E-state index in [9.17, 15) is 22.0 Å². The first-order valence-electron chi connectivity index (χ1n) is 8.90. The summed E-state index contributed by atoms with van der Waals surface area (Å²) in [7, 11) is -3.11. The van der Waals surface area contributed by atoms with Gasteiger partial charge in [-0.05, 0) is 56.3 Å². The number of rotatable bonds is 9. The van der Waals surface area contributed by atoms with E-state index >= 15 is 0 Å². The predicted molar refractivity (Wildman–Crippen MR) is 107 cm³/mol. The molecule has 2 aromatic rings. The van der Waals surface area contributed by atoms with Gasteiger partial charge in [-0.1, -0.05) is 18.2 Å². The normalized spacial score (nSPS) is 11.7. The zero-order chi connectivity index (χ0) is 21.6. The molecule has 0 unspecified atom stereocenters. The molecule has 0 aliphatic rings. The Morgan fingerprint density at radius 1 is 1.14 bits per heavy atom. The summed E-state index contributed by atoms with van der Waals surface area (Å²) < 4.78 is 54.9. The third kappa shape index (κ3) is 6.50. The van der Waals surface area contributed by atoms with Crippen LogP contribution in [0.2, 0.25) is 0 Å². The number of sulfone groups is 1. The Labute approximate surface area is 169 Å². The van der Waals surface area contributed by atoms with Gasteiger partial charge in [0, 0.05) is 6.54 Å². The summed E-state index contributed by atoms with van der Waals surface area (Å²) in [6.07, 6.45) is 0. The summed E-state index contributed by atoms with van der Waals surface area (Å²) in [5.74, 6) is -3.34. The van der Waals surface area contributed by atoms with Crippen molar-refractivity contribution in [1.82, 2.24) is 4.90 Å². The fourth-order valence-corrected chi connectivity index (χ4v) is 3.65. The Balaban J connectivity index is 1.91. The third-order valence-electron chi connectivity index (χ3n) is 4.05. The van der Waals surface area contributed by atoms with Gasteiger partial charge in [-0.2, -0.15) is 8.78 Å². The quantitative estimate of drug-likeness (QED) is 0.666. The summed E-state index contributed by atoms with van der Waals surface area (Å²) in [5.41, 5.74) is 2.01. The lowest BCUT2D eigenvalue weighted by Crippen LogP contribution is -2.33. The second-order valence-electron chi connectivity index (χ2n) is 6.76. The van der Waals surface area contributed by atoms with E-state index in [1.165, 1.54) is 18.2 Å². The highest BCUT2D eigenvalue weighted by Gasteiger charge is 2.29. The monoisotopic (exact) mass is 426 g/mol. The standard InChI is InChI=1S/C20H24F2N2O4S/c1-14-10-15(2)12-16(11-14)28-9-8-24(3)13-19(25)23-17-6-4-5-7-18(17)29(26,27)20(21)22/h4-7,10-12,20H,8-9,13H2,1-3H3,(H,23,25). The molecule has 0 saturated heterocycles. The molecule has 0 aromatic heterocycles. The molecular formula is C20H24F2N2O4S. The minimum atomic E-state index is -4.82. The fraction of sp³-hybridized carbons (Fsp3) is 0.350. The zero-order valence-corrected chi connectivity index (χ0v) is 17.3. The predicted octanol–water partition coefficient (Wildman–Crippen LogP) is 3.25. The van der Waals surface area contributed by atoms with Crippen molar-refractivity contribution in [3.05, 3.63) is 53.6 Å². The molecule has 6 nitrogen and oxygen atoms in total. The van der Waals surface area contributed by atoms with Crippen LogP contribution in [0.15, 0.2) is 47.4 Å². The van der Waals surface area contributed by atoms with E-state index in [0.29, 0.717) is 13.2 Å². The lowest BCUT2D eigenvalue weighted by Gasteiger charge is -2.18. The number of nitrogens with zero attached hydrogens (tertiary/aromatic N) is 1. The number of carbonyl (C=O) groups excluding carboxylic acids is 1. The highest BCUT2D eigenvalue weighted by Crippen LogP contribution is 2.26. The van der Waals surface area contributed by atoms with Gasteiger partial charge in [0.2, 0.25) is 15.7 Å². The Kier molecular flexibility index (Phi) is 7.69. The van der Waals surface area contributed by atoms with Crippen molar-refractivity contribution in [1.29, 1.82) is 0 Å². The number of ether oxygens (including phenoxy) is 1. The first-order valence-corrected chi connectivity index (χ1v) is 10.4. The number of nitrogens with one attached hydrogen (secondary N) is 1. The molecule has 0 aliphatic carbocycles. The van der Waals surface area contributed by atoms with Crippen molar-refractivity contribution in [3.63, 3.8) is 0 Å². The van der Waals surface area contributed by atoms with E-state index in [1.807, 2.05) is 32.0 Å². The molecule has 2 aromatic carbocycles. The van der Waals surface area contributed by atoms with Crippen LogP contribution >= 0.6 is 0 Å². The molecule has 0 atom stereocenters. The van der Waals surface area contributed by atoms with Crippen molar-refractivity contribution in [2.75, 3.05) is 32.1 Å². The van der Waals surface area contributed by atoms with Gasteiger partial charge in [0.1, 0.15) is 12.4 Å². The maximum Gasteiger partial charge on any atom is 0.341 e. The SMILES string of the molecule is Cc1cc(C)cc(OCCN(C)CC(=O)Nc2ccccc2S(=O)(=O)C(F)F)c1. The van der Waals surface area contributed by atoms with Gasteiger partial charge < -0.3 is 10.1 Å². The van der Waals surface area contributed by atoms with Crippen molar-refractivity contribution < 1.29 is 26.7 Å². The smallest absolute Gasteiger partial charge is 0.341 e. The molecule has 0 heterocycles. The van der Waals surface area contributed by atoms with E-state index in [2.05, 4.69) is 5.32 Å². The van der Waals surface area contributed by atoms with Crippen molar-refractivity contribution in [3.8, 4) is 5.75 Å². The molecule has 1 N–H and O–H groups in total. The number of benzene rings is 2. The summed E-state index contributed by atoms with van der Waals surface area (Å²) in [6.45, 7) is 4.68. The molecular weight excluding hydrogens is 402 g/mol. The molecule has 0 bridgehead atoms. The Bertz CT molecular complexity index is 944. The van der Waals surface area contributed by atoms with Gasteiger partial charge in [-0.15, -0.1) is 0 Å². The second kappa shape index (κ2) is 9.80. The Hall–Kier alpha value is -2.52. The Morgan fingerprint density at radius 3 is 2.38 bits per heavy atom. The van der Waals surface area contributed by atoms with E-state index in [0.717, 1.165) is 22.9 Å². The van der Waals surface area contributed by atoms with Crippen molar-refractivity contribution >= 4 is 21.4 Å². The minimum absolute atomic E-state index is 0.0563. The molecule has 0 fully saturated rings. The van der Waals surface area contributed by atoms with E-state index in [-0.39, 0.29) is 12.2 Å². The van der Waals surface area contributed by atoms with E-state index in [4.69, 9.17) is 4.74 Å². The number of hydrogen-bond acceptors (Lipinski definition) is 5. The van der Waals surface area contributed by atoms with Gasteiger partial charge >= 0.3 is 5.76 Å². The van der Waals surface area contributed by atoms with Gasteiger partial charge in [0.15, 0.2) is 0 Å². The van der Waals surface area contributed by atoms with E-state index in [1.54, 1.807) is 11.9 Å². The largest absolute Gasteiger partial charge is 0.492 e. The summed E-state index contributed by atoms with van der Waals surface area (Å²) >= 11 is 0. The fourth-order valence-electron chi connectivity index (χ4n) is 2.76. The number of aryl methyl sites for hydroxylation is 2. The summed E-state index contributed by atoms with van der Waals surface area (Å²) in [4.78, 5) is 13.3. The number of halogens is 2. The van der Waals surface area contributed by atoms with Crippen LogP contribution < -0.4 is 10.1 Å². The highest BCUT2D eigenvalue weighted by molar-refractivity contribution is 7.91. The van der Waals surface area contributed by atoms with Crippen LogP contribution in [0.1, 0.15) is 11.1 Å². The van der Waals surface area contributed by atoms with Crippen LogP contribution in [0, 0.1) is 13.8 Å². The van der Waals surface area contributed by atoms with Gasteiger partial charge in [0.25, 0.3) is 0 Å². The zero-order valence-electron chi connectivity index (χ0n) is 16.5.